The van der Waals surface area contributed by atoms with Gasteiger partial charge in [-0.15, -0.1) is 11.8 Å². The highest BCUT2D eigenvalue weighted by atomic mass is 35.5. The third kappa shape index (κ3) is 3.70. The highest BCUT2D eigenvalue weighted by molar-refractivity contribution is 7.98. The molecule has 0 radical (unpaired) electrons. The van der Waals surface area contributed by atoms with Gasteiger partial charge in [-0.2, -0.15) is 5.26 Å². The number of carbonyl (C=O) groups excluding carboxylic acids is 1. The van der Waals surface area contributed by atoms with Crippen molar-refractivity contribution in [3.63, 3.8) is 0 Å². The first-order valence-corrected chi connectivity index (χ1v) is 7.87. The fraction of sp³-hybridized carbons (Fsp3) is 0.0667. The molecule has 0 atom stereocenters. The lowest BCUT2D eigenvalue weighted by molar-refractivity contribution is 0.102. The van der Waals surface area contributed by atoms with Gasteiger partial charge in [0.15, 0.2) is 0 Å². The molecule has 2 aromatic rings. The molecule has 2 aromatic carbocycles. The van der Waals surface area contributed by atoms with E-state index in [1.165, 1.54) is 17.8 Å². The number of hydrogen-bond donors (Lipinski definition) is 1. The monoisotopic (exact) mass is 336 g/mol. The molecule has 0 heterocycles. The minimum Gasteiger partial charge on any atom is -0.322 e. The van der Waals surface area contributed by atoms with Gasteiger partial charge in [-0.05, 0) is 42.7 Å². The van der Waals surface area contributed by atoms with Crippen LogP contribution in [0.4, 0.5) is 5.69 Å². The lowest BCUT2D eigenvalue weighted by Gasteiger charge is -2.08. The highest BCUT2D eigenvalue weighted by Crippen LogP contribution is 2.25. The molecule has 0 aliphatic rings. The Kier molecular flexibility index (Phi) is 5.13. The molecule has 1 amide bonds. The number of rotatable bonds is 3. The minimum absolute atomic E-state index is 0.311. The van der Waals surface area contributed by atoms with Crippen LogP contribution in [0.2, 0.25) is 10.0 Å². The van der Waals surface area contributed by atoms with E-state index >= 15 is 0 Å². The minimum atomic E-state index is -0.311. The summed E-state index contributed by atoms with van der Waals surface area (Å²) in [5, 5.41) is 12.5. The Morgan fingerprint density at radius 3 is 2.57 bits per heavy atom. The van der Waals surface area contributed by atoms with Crippen LogP contribution in [-0.4, -0.2) is 12.2 Å². The van der Waals surface area contributed by atoms with Crippen molar-refractivity contribution in [1.29, 1.82) is 5.26 Å². The maximum atomic E-state index is 12.1. The summed E-state index contributed by atoms with van der Waals surface area (Å²) in [4.78, 5) is 13.0. The lowest BCUT2D eigenvalue weighted by Crippen LogP contribution is -2.12. The van der Waals surface area contributed by atoms with Gasteiger partial charge in [-0.1, -0.05) is 23.2 Å². The second-order valence-corrected chi connectivity index (χ2v) is 5.77. The van der Waals surface area contributed by atoms with E-state index < -0.39 is 0 Å². The quantitative estimate of drug-likeness (QED) is 0.816. The van der Waals surface area contributed by atoms with E-state index in [0.717, 1.165) is 4.90 Å². The van der Waals surface area contributed by atoms with Gasteiger partial charge >= 0.3 is 0 Å². The predicted molar refractivity (Wildman–Crippen MR) is 87.4 cm³/mol. The summed E-state index contributed by atoms with van der Waals surface area (Å²) >= 11 is 13.2. The molecule has 21 heavy (non-hydrogen) atoms. The first-order valence-electron chi connectivity index (χ1n) is 5.89. The van der Waals surface area contributed by atoms with Crippen LogP contribution < -0.4 is 5.32 Å². The van der Waals surface area contributed by atoms with Gasteiger partial charge in [-0.25, -0.2) is 0 Å². The number of nitrogens with zero attached hydrogens (tertiary/aromatic N) is 1. The molecular formula is C15H10Cl2N2OS. The predicted octanol–water partition coefficient (Wildman–Crippen LogP) is 4.84. The van der Waals surface area contributed by atoms with Crippen LogP contribution in [0.1, 0.15) is 15.9 Å². The maximum absolute atomic E-state index is 12.1. The van der Waals surface area contributed by atoms with Gasteiger partial charge in [0, 0.05) is 16.1 Å². The van der Waals surface area contributed by atoms with E-state index in [2.05, 4.69) is 11.4 Å². The number of hydrogen-bond acceptors (Lipinski definition) is 3. The number of thioether (sulfide) groups is 1. The Balaban J connectivity index is 2.23. The molecule has 0 aliphatic heterocycles. The highest BCUT2D eigenvalue weighted by Gasteiger charge is 2.10. The zero-order valence-corrected chi connectivity index (χ0v) is 13.3. The van der Waals surface area contributed by atoms with Crippen LogP contribution in [0.3, 0.4) is 0 Å². The smallest absolute Gasteiger partial charge is 0.255 e. The van der Waals surface area contributed by atoms with Crippen molar-refractivity contribution in [3.05, 3.63) is 57.6 Å². The SMILES string of the molecule is CSc1ccc(NC(=O)c2ccc(Cl)c(Cl)c2)cc1C#N. The van der Waals surface area contributed by atoms with E-state index in [-0.39, 0.29) is 5.91 Å². The van der Waals surface area contributed by atoms with Crippen LogP contribution in [0.15, 0.2) is 41.3 Å². The van der Waals surface area contributed by atoms with E-state index in [1.807, 2.05) is 6.26 Å². The molecule has 0 unspecified atom stereocenters. The van der Waals surface area contributed by atoms with Crippen LogP contribution in [-0.2, 0) is 0 Å². The zero-order valence-electron chi connectivity index (χ0n) is 11.0. The summed E-state index contributed by atoms with van der Waals surface area (Å²) in [6.07, 6.45) is 1.89. The summed E-state index contributed by atoms with van der Waals surface area (Å²) in [5.41, 5.74) is 1.48. The number of nitriles is 1. The van der Waals surface area contributed by atoms with Crippen molar-refractivity contribution in [1.82, 2.24) is 0 Å². The van der Waals surface area contributed by atoms with Gasteiger partial charge in [-0.3, -0.25) is 4.79 Å². The second kappa shape index (κ2) is 6.86. The maximum Gasteiger partial charge on any atom is 0.255 e. The molecule has 106 valence electrons. The average molecular weight is 337 g/mol. The van der Waals surface area contributed by atoms with Crippen molar-refractivity contribution in [3.8, 4) is 6.07 Å². The van der Waals surface area contributed by atoms with Crippen molar-refractivity contribution in [2.24, 2.45) is 0 Å². The molecule has 6 heteroatoms. The fourth-order valence-corrected chi connectivity index (χ4v) is 2.54. The van der Waals surface area contributed by atoms with Gasteiger partial charge in [0.2, 0.25) is 0 Å². The van der Waals surface area contributed by atoms with Crippen molar-refractivity contribution < 1.29 is 4.79 Å². The molecule has 0 fully saturated rings. The number of nitrogens with one attached hydrogen (secondary N) is 1. The number of halogens is 2. The third-order valence-electron chi connectivity index (χ3n) is 2.76. The van der Waals surface area contributed by atoms with Gasteiger partial charge in [0.25, 0.3) is 5.91 Å². The first-order chi connectivity index (χ1) is 10.0. The van der Waals surface area contributed by atoms with Crippen LogP contribution in [0.5, 0.6) is 0 Å². The van der Waals surface area contributed by atoms with Crippen LogP contribution in [0, 0.1) is 11.3 Å². The molecule has 1 N–H and O–H groups in total. The summed E-state index contributed by atoms with van der Waals surface area (Å²) in [7, 11) is 0. The molecular weight excluding hydrogens is 327 g/mol. The largest absolute Gasteiger partial charge is 0.322 e. The number of carbonyl (C=O) groups is 1. The summed E-state index contributed by atoms with van der Waals surface area (Å²) < 4.78 is 0. The molecule has 0 saturated heterocycles. The molecule has 0 spiro atoms. The lowest BCUT2D eigenvalue weighted by atomic mass is 10.2. The zero-order chi connectivity index (χ0) is 15.4. The number of anilines is 1. The number of benzene rings is 2. The Morgan fingerprint density at radius 1 is 1.19 bits per heavy atom. The van der Waals surface area contributed by atoms with Crippen LogP contribution in [0.25, 0.3) is 0 Å². The van der Waals surface area contributed by atoms with E-state index in [0.29, 0.717) is 26.9 Å². The first kappa shape index (κ1) is 15.7. The summed E-state index contributed by atoms with van der Waals surface area (Å²) in [6, 6.07) is 12.0. The molecule has 0 bridgehead atoms. The molecule has 2 rings (SSSR count). The van der Waals surface area contributed by atoms with Gasteiger partial charge in [0.05, 0.1) is 15.6 Å². The summed E-state index contributed by atoms with van der Waals surface area (Å²) in [5.74, 6) is -0.311. The molecule has 0 saturated carbocycles. The summed E-state index contributed by atoms with van der Waals surface area (Å²) in [6.45, 7) is 0. The standard InChI is InChI=1S/C15H10Cl2N2OS/c1-21-14-5-3-11(6-10(14)8-18)19-15(20)9-2-4-12(16)13(17)7-9/h2-7H,1H3,(H,19,20). The van der Waals surface area contributed by atoms with Crippen molar-refractivity contribution >= 4 is 46.6 Å². The molecule has 0 aromatic heterocycles. The topological polar surface area (TPSA) is 52.9 Å². The Hall–Kier alpha value is -1.67. The van der Waals surface area contributed by atoms with E-state index in [4.69, 9.17) is 28.5 Å². The fourth-order valence-electron chi connectivity index (χ4n) is 1.71. The van der Waals surface area contributed by atoms with Gasteiger partial charge < -0.3 is 5.32 Å². The van der Waals surface area contributed by atoms with E-state index in [1.54, 1.807) is 30.3 Å². The van der Waals surface area contributed by atoms with Crippen LogP contribution >= 0.6 is 35.0 Å². The third-order valence-corrected chi connectivity index (χ3v) is 4.29. The normalized spacial score (nSPS) is 10.0. The van der Waals surface area contributed by atoms with Gasteiger partial charge in [0.1, 0.15) is 6.07 Å². The Labute approximate surface area is 136 Å². The van der Waals surface area contributed by atoms with Crippen molar-refractivity contribution in [2.45, 2.75) is 4.90 Å². The Bertz CT molecular complexity index is 741. The van der Waals surface area contributed by atoms with E-state index in [9.17, 15) is 4.79 Å². The Morgan fingerprint density at radius 2 is 1.95 bits per heavy atom. The van der Waals surface area contributed by atoms with Crippen molar-refractivity contribution in [2.75, 3.05) is 11.6 Å². The molecule has 3 nitrogen and oxygen atoms in total. The molecule has 0 aliphatic carbocycles. The average Bonchev–Trinajstić information content (AvgIpc) is 2.49. The number of amides is 1. The second-order valence-electron chi connectivity index (χ2n) is 4.11.